The van der Waals surface area contributed by atoms with Crippen LogP contribution in [0.15, 0.2) is 42.5 Å². The quantitative estimate of drug-likeness (QED) is 0.635. The summed E-state index contributed by atoms with van der Waals surface area (Å²) in [5, 5.41) is 22.8. The van der Waals surface area contributed by atoms with Crippen LogP contribution in [0.1, 0.15) is 39.9 Å². The Morgan fingerprint density at radius 1 is 1.19 bits per heavy atom. The van der Waals surface area contributed by atoms with Crippen molar-refractivity contribution in [2.45, 2.75) is 25.7 Å². The van der Waals surface area contributed by atoms with E-state index in [1.54, 1.807) is 30.3 Å². The van der Waals surface area contributed by atoms with Gasteiger partial charge in [0.2, 0.25) is 5.91 Å². The van der Waals surface area contributed by atoms with Crippen molar-refractivity contribution in [3.8, 4) is 6.07 Å². The molecular formula is C21H19N3O3. The summed E-state index contributed by atoms with van der Waals surface area (Å²) in [6, 6.07) is 13.6. The standard InChI is InChI=1S/C21H19N3O3/c22-13-14-2-1-3-18(10-14)24(27)19(25)16-4-5-17-12-21(7-6-15(17)11-16)8-9-23-20(21)26/h1-5,10-11,27H,6-9,12H2,(H,23,26)/t21-/m1/s1. The number of nitriles is 1. The molecule has 1 saturated heterocycles. The maximum Gasteiger partial charge on any atom is 0.281 e. The fraction of sp³-hybridized carbons (Fsp3) is 0.286. The maximum atomic E-state index is 12.7. The Hall–Kier alpha value is -3.17. The maximum absolute atomic E-state index is 12.7. The van der Waals surface area contributed by atoms with Crippen LogP contribution in [0.4, 0.5) is 5.69 Å². The third-order valence-corrected chi connectivity index (χ3v) is 5.64. The molecule has 1 fully saturated rings. The van der Waals surface area contributed by atoms with Crippen molar-refractivity contribution in [1.29, 1.82) is 5.26 Å². The monoisotopic (exact) mass is 361 g/mol. The number of benzene rings is 2. The summed E-state index contributed by atoms with van der Waals surface area (Å²) in [6.07, 6.45) is 3.05. The predicted molar refractivity (Wildman–Crippen MR) is 98.3 cm³/mol. The van der Waals surface area contributed by atoms with E-state index in [0.29, 0.717) is 22.6 Å². The lowest BCUT2D eigenvalue weighted by Crippen LogP contribution is -2.36. The van der Waals surface area contributed by atoms with Crippen LogP contribution in [-0.2, 0) is 17.6 Å². The fourth-order valence-electron chi connectivity index (χ4n) is 4.06. The molecular weight excluding hydrogens is 342 g/mol. The molecule has 1 atom stereocenters. The Morgan fingerprint density at radius 3 is 2.78 bits per heavy atom. The summed E-state index contributed by atoms with van der Waals surface area (Å²) in [6.45, 7) is 0.728. The lowest BCUT2D eigenvalue weighted by atomic mass is 9.70. The van der Waals surface area contributed by atoms with E-state index in [2.05, 4.69) is 5.32 Å². The predicted octanol–water partition coefficient (Wildman–Crippen LogP) is 2.59. The zero-order valence-electron chi connectivity index (χ0n) is 14.7. The molecule has 2 aromatic carbocycles. The average molecular weight is 361 g/mol. The Labute approximate surface area is 157 Å². The molecule has 0 unspecified atom stereocenters. The number of rotatable bonds is 2. The van der Waals surface area contributed by atoms with Gasteiger partial charge in [0, 0.05) is 12.1 Å². The lowest BCUT2D eigenvalue weighted by molar-refractivity contribution is -0.128. The largest absolute Gasteiger partial charge is 0.356 e. The van der Waals surface area contributed by atoms with Crippen LogP contribution < -0.4 is 10.4 Å². The van der Waals surface area contributed by atoms with Gasteiger partial charge in [0.05, 0.1) is 22.7 Å². The molecule has 2 aromatic rings. The Bertz CT molecular complexity index is 979. The molecule has 1 heterocycles. The molecule has 4 rings (SSSR count). The van der Waals surface area contributed by atoms with E-state index in [-0.39, 0.29) is 17.0 Å². The third kappa shape index (κ3) is 2.96. The van der Waals surface area contributed by atoms with Crippen LogP contribution in [0.25, 0.3) is 0 Å². The van der Waals surface area contributed by atoms with Crippen LogP contribution in [-0.4, -0.2) is 23.6 Å². The Kier molecular flexibility index (Phi) is 4.17. The molecule has 0 aromatic heterocycles. The highest BCUT2D eigenvalue weighted by Gasteiger charge is 2.44. The first-order chi connectivity index (χ1) is 13.0. The van der Waals surface area contributed by atoms with Crippen molar-refractivity contribution in [1.82, 2.24) is 5.32 Å². The minimum absolute atomic E-state index is 0.132. The molecule has 2 amide bonds. The van der Waals surface area contributed by atoms with E-state index < -0.39 is 5.91 Å². The van der Waals surface area contributed by atoms with E-state index in [1.165, 1.54) is 6.07 Å². The summed E-state index contributed by atoms with van der Waals surface area (Å²) < 4.78 is 0. The molecule has 6 nitrogen and oxygen atoms in total. The first-order valence-electron chi connectivity index (χ1n) is 8.96. The first kappa shape index (κ1) is 17.3. The Balaban J connectivity index is 1.58. The van der Waals surface area contributed by atoms with Crippen molar-refractivity contribution in [3.63, 3.8) is 0 Å². The van der Waals surface area contributed by atoms with Gasteiger partial charge >= 0.3 is 0 Å². The van der Waals surface area contributed by atoms with Crippen molar-refractivity contribution < 1.29 is 14.8 Å². The van der Waals surface area contributed by atoms with Crippen molar-refractivity contribution in [2.24, 2.45) is 5.41 Å². The summed E-state index contributed by atoms with van der Waals surface area (Å²) in [5.74, 6) is -0.418. The number of carbonyl (C=O) groups is 2. The van der Waals surface area contributed by atoms with Gasteiger partial charge in [-0.2, -0.15) is 10.3 Å². The molecule has 136 valence electrons. The second-order valence-electron chi connectivity index (χ2n) is 7.23. The second-order valence-corrected chi connectivity index (χ2v) is 7.23. The van der Waals surface area contributed by atoms with Gasteiger partial charge in [-0.3, -0.25) is 14.8 Å². The highest BCUT2D eigenvalue weighted by Crippen LogP contribution is 2.41. The minimum Gasteiger partial charge on any atom is -0.356 e. The molecule has 1 aliphatic carbocycles. The molecule has 27 heavy (non-hydrogen) atoms. The normalized spacial score (nSPS) is 20.7. The molecule has 0 saturated carbocycles. The van der Waals surface area contributed by atoms with E-state index in [4.69, 9.17) is 5.26 Å². The molecule has 2 N–H and O–H groups in total. The highest BCUT2D eigenvalue weighted by atomic mass is 16.5. The van der Waals surface area contributed by atoms with E-state index in [9.17, 15) is 14.8 Å². The van der Waals surface area contributed by atoms with Crippen LogP contribution in [0, 0.1) is 16.7 Å². The number of hydrogen-bond acceptors (Lipinski definition) is 4. The number of hydrogen-bond donors (Lipinski definition) is 2. The van der Waals surface area contributed by atoms with Crippen LogP contribution >= 0.6 is 0 Å². The molecule has 0 bridgehead atoms. The third-order valence-electron chi connectivity index (χ3n) is 5.64. The molecule has 2 aliphatic rings. The number of anilines is 1. The van der Waals surface area contributed by atoms with Gasteiger partial charge in [-0.1, -0.05) is 12.1 Å². The lowest BCUT2D eigenvalue weighted by Gasteiger charge is -2.32. The summed E-state index contributed by atoms with van der Waals surface area (Å²) in [5.41, 5.74) is 2.82. The summed E-state index contributed by atoms with van der Waals surface area (Å²) in [7, 11) is 0. The Morgan fingerprint density at radius 2 is 2.04 bits per heavy atom. The zero-order chi connectivity index (χ0) is 19.0. The number of amides is 2. The van der Waals surface area contributed by atoms with Gasteiger partial charge < -0.3 is 5.32 Å². The van der Waals surface area contributed by atoms with Crippen molar-refractivity contribution >= 4 is 17.5 Å². The van der Waals surface area contributed by atoms with Crippen molar-refractivity contribution in [2.75, 3.05) is 11.6 Å². The number of fused-ring (bicyclic) bond motifs is 1. The van der Waals surface area contributed by atoms with Gasteiger partial charge in [0.25, 0.3) is 5.91 Å². The van der Waals surface area contributed by atoms with Gasteiger partial charge in [-0.05, 0) is 67.1 Å². The van der Waals surface area contributed by atoms with E-state index >= 15 is 0 Å². The highest BCUT2D eigenvalue weighted by molar-refractivity contribution is 6.04. The number of nitrogens with one attached hydrogen (secondary N) is 1. The SMILES string of the molecule is N#Cc1cccc(N(O)C(=O)c2ccc3c(c2)CC[C@@]2(CCNC2=O)C3)c1. The van der Waals surface area contributed by atoms with Crippen LogP contribution in [0.3, 0.4) is 0 Å². The molecule has 1 aliphatic heterocycles. The number of nitrogens with zero attached hydrogens (tertiary/aromatic N) is 2. The van der Waals surface area contributed by atoms with Gasteiger partial charge in [-0.25, -0.2) is 0 Å². The topological polar surface area (TPSA) is 93.4 Å². The smallest absolute Gasteiger partial charge is 0.281 e. The fourth-order valence-corrected chi connectivity index (χ4v) is 4.06. The average Bonchev–Trinajstić information content (AvgIpc) is 3.06. The van der Waals surface area contributed by atoms with Crippen molar-refractivity contribution in [3.05, 3.63) is 64.7 Å². The van der Waals surface area contributed by atoms with E-state index in [1.807, 2.05) is 12.1 Å². The van der Waals surface area contributed by atoms with E-state index in [0.717, 1.165) is 36.9 Å². The minimum atomic E-state index is -0.549. The molecule has 6 heteroatoms. The number of carbonyl (C=O) groups excluding carboxylic acids is 2. The van der Waals surface area contributed by atoms with Gasteiger partial charge in [-0.15, -0.1) is 0 Å². The molecule has 1 spiro atoms. The first-order valence-corrected chi connectivity index (χ1v) is 8.96. The van der Waals surface area contributed by atoms with Gasteiger partial charge in [0.1, 0.15) is 0 Å². The van der Waals surface area contributed by atoms with Gasteiger partial charge in [0.15, 0.2) is 0 Å². The van der Waals surface area contributed by atoms with Crippen LogP contribution in [0.2, 0.25) is 0 Å². The molecule has 0 radical (unpaired) electrons. The number of aryl methyl sites for hydroxylation is 1. The summed E-state index contributed by atoms with van der Waals surface area (Å²) >= 11 is 0. The zero-order valence-corrected chi connectivity index (χ0v) is 14.7. The van der Waals surface area contributed by atoms with Crippen LogP contribution in [0.5, 0.6) is 0 Å². The second kappa shape index (κ2) is 6.53. The summed E-state index contributed by atoms with van der Waals surface area (Å²) in [4.78, 5) is 24.9. The number of hydroxylamine groups is 1.